The van der Waals surface area contributed by atoms with Gasteiger partial charge in [-0.15, -0.1) is 0 Å². The standard InChI is InChI=1S/C14H20ClNO3/c1-10(2)19-13-6-5-11(9-12(13)15)14(17)16-7-4-8-18-3/h5-6,9-10H,4,7-8H2,1-3H3,(H,16,17). The van der Waals surface area contributed by atoms with Gasteiger partial charge in [-0.05, 0) is 38.5 Å². The third-order valence-electron chi connectivity index (χ3n) is 2.37. The zero-order valence-corrected chi connectivity index (χ0v) is 12.3. The highest BCUT2D eigenvalue weighted by atomic mass is 35.5. The fourth-order valence-corrected chi connectivity index (χ4v) is 1.74. The van der Waals surface area contributed by atoms with Crippen LogP contribution in [0, 0.1) is 0 Å². The molecule has 0 heterocycles. The number of benzene rings is 1. The molecule has 0 saturated carbocycles. The first-order chi connectivity index (χ1) is 9.04. The Morgan fingerprint density at radius 1 is 1.42 bits per heavy atom. The fourth-order valence-electron chi connectivity index (χ4n) is 1.51. The van der Waals surface area contributed by atoms with E-state index in [9.17, 15) is 4.79 Å². The molecule has 1 N–H and O–H groups in total. The Kier molecular flexibility index (Phi) is 6.67. The van der Waals surface area contributed by atoms with Crippen LogP contribution in [0.2, 0.25) is 5.02 Å². The van der Waals surface area contributed by atoms with Gasteiger partial charge in [-0.3, -0.25) is 4.79 Å². The largest absolute Gasteiger partial charge is 0.489 e. The second-order valence-electron chi connectivity index (χ2n) is 4.41. The maximum atomic E-state index is 11.8. The molecule has 1 aromatic carbocycles. The molecule has 1 aromatic rings. The minimum absolute atomic E-state index is 0.0474. The molecule has 0 aromatic heterocycles. The molecule has 4 nitrogen and oxygen atoms in total. The molecule has 106 valence electrons. The SMILES string of the molecule is COCCCNC(=O)c1ccc(OC(C)C)c(Cl)c1. The van der Waals surface area contributed by atoms with Crippen molar-refractivity contribution >= 4 is 17.5 Å². The van der Waals surface area contributed by atoms with E-state index >= 15 is 0 Å². The van der Waals surface area contributed by atoms with E-state index in [0.717, 1.165) is 6.42 Å². The quantitative estimate of drug-likeness (QED) is 0.784. The molecule has 0 spiro atoms. The molecule has 5 heteroatoms. The third kappa shape index (κ3) is 5.49. The first kappa shape index (κ1) is 15.8. The number of hydrogen-bond donors (Lipinski definition) is 1. The lowest BCUT2D eigenvalue weighted by Crippen LogP contribution is -2.25. The van der Waals surface area contributed by atoms with Crippen LogP contribution in [0.15, 0.2) is 18.2 Å². The van der Waals surface area contributed by atoms with Crippen LogP contribution in [-0.4, -0.2) is 32.3 Å². The van der Waals surface area contributed by atoms with E-state index in [1.165, 1.54) is 0 Å². The smallest absolute Gasteiger partial charge is 0.251 e. The lowest BCUT2D eigenvalue weighted by Gasteiger charge is -2.12. The molecule has 19 heavy (non-hydrogen) atoms. The van der Waals surface area contributed by atoms with Gasteiger partial charge >= 0.3 is 0 Å². The first-order valence-electron chi connectivity index (χ1n) is 6.28. The second kappa shape index (κ2) is 8.02. The van der Waals surface area contributed by atoms with E-state index in [1.54, 1.807) is 25.3 Å². The fraction of sp³-hybridized carbons (Fsp3) is 0.500. The lowest BCUT2D eigenvalue weighted by molar-refractivity contribution is 0.0948. The van der Waals surface area contributed by atoms with Crippen LogP contribution in [-0.2, 0) is 4.74 Å². The molecule has 0 bridgehead atoms. The number of halogens is 1. The van der Waals surface area contributed by atoms with Crippen LogP contribution in [0.5, 0.6) is 5.75 Å². The molecule has 0 saturated heterocycles. The molecule has 0 unspecified atom stereocenters. The first-order valence-corrected chi connectivity index (χ1v) is 6.65. The second-order valence-corrected chi connectivity index (χ2v) is 4.82. The lowest BCUT2D eigenvalue weighted by atomic mass is 10.2. The van der Waals surface area contributed by atoms with E-state index in [0.29, 0.717) is 29.5 Å². The summed E-state index contributed by atoms with van der Waals surface area (Å²) in [6.45, 7) is 5.05. The van der Waals surface area contributed by atoms with Crippen molar-refractivity contribution in [2.75, 3.05) is 20.3 Å². The minimum Gasteiger partial charge on any atom is -0.489 e. The number of carbonyl (C=O) groups excluding carboxylic acids is 1. The van der Waals surface area contributed by atoms with Gasteiger partial charge in [-0.25, -0.2) is 0 Å². The van der Waals surface area contributed by atoms with Gasteiger partial charge in [0.1, 0.15) is 5.75 Å². The van der Waals surface area contributed by atoms with Gasteiger partial charge in [-0.1, -0.05) is 11.6 Å². The Morgan fingerprint density at radius 2 is 2.16 bits per heavy atom. The Morgan fingerprint density at radius 3 is 2.74 bits per heavy atom. The molecule has 0 aliphatic rings. The molecule has 1 amide bonds. The number of carbonyl (C=O) groups is 1. The van der Waals surface area contributed by atoms with Crippen molar-refractivity contribution in [2.24, 2.45) is 0 Å². The molecule has 0 aliphatic heterocycles. The van der Waals surface area contributed by atoms with Crippen LogP contribution in [0.25, 0.3) is 0 Å². The monoisotopic (exact) mass is 285 g/mol. The summed E-state index contributed by atoms with van der Waals surface area (Å²) in [5.41, 5.74) is 0.526. The Hall–Kier alpha value is -1.26. The number of hydrogen-bond acceptors (Lipinski definition) is 3. The zero-order chi connectivity index (χ0) is 14.3. The maximum absolute atomic E-state index is 11.8. The van der Waals surface area contributed by atoms with E-state index in [-0.39, 0.29) is 12.0 Å². The molecule has 0 radical (unpaired) electrons. The number of nitrogens with one attached hydrogen (secondary N) is 1. The molecular formula is C14H20ClNO3. The van der Waals surface area contributed by atoms with E-state index in [2.05, 4.69) is 5.32 Å². The number of rotatable bonds is 7. The topological polar surface area (TPSA) is 47.6 Å². The summed E-state index contributed by atoms with van der Waals surface area (Å²) >= 11 is 6.08. The highest BCUT2D eigenvalue weighted by Crippen LogP contribution is 2.26. The van der Waals surface area contributed by atoms with Crippen molar-refractivity contribution in [3.8, 4) is 5.75 Å². The van der Waals surface area contributed by atoms with Crippen LogP contribution in [0.3, 0.4) is 0 Å². The predicted octanol–water partition coefficient (Wildman–Crippen LogP) is 2.89. The Balaban J connectivity index is 2.59. The Labute approximate surface area is 119 Å². The van der Waals surface area contributed by atoms with Gasteiger partial charge in [0.2, 0.25) is 0 Å². The van der Waals surface area contributed by atoms with Gasteiger partial charge in [-0.2, -0.15) is 0 Å². The molecular weight excluding hydrogens is 266 g/mol. The summed E-state index contributed by atoms with van der Waals surface area (Å²) < 4.78 is 10.4. The normalized spacial score (nSPS) is 10.6. The van der Waals surface area contributed by atoms with Crippen molar-refractivity contribution in [3.05, 3.63) is 28.8 Å². The molecule has 1 rings (SSSR count). The van der Waals surface area contributed by atoms with Crippen LogP contribution in [0.1, 0.15) is 30.6 Å². The predicted molar refractivity (Wildman–Crippen MR) is 76.0 cm³/mol. The van der Waals surface area contributed by atoms with Crippen LogP contribution < -0.4 is 10.1 Å². The molecule has 0 fully saturated rings. The van der Waals surface area contributed by atoms with Gasteiger partial charge in [0.05, 0.1) is 11.1 Å². The number of amides is 1. The summed E-state index contributed by atoms with van der Waals surface area (Å²) in [6.07, 6.45) is 0.830. The molecule has 0 atom stereocenters. The number of methoxy groups -OCH3 is 1. The van der Waals surface area contributed by atoms with Gasteiger partial charge in [0, 0.05) is 25.8 Å². The summed E-state index contributed by atoms with van der Waals surface area (Å²) in [4.78, 5) is 11.8. The highest BCUT2D eigenvalue weighted by molar-refractivity contribution is 6.32. The van der Waals surface area contributed by atoms with Crippen molar-refractivity contribution in [2.45, 2.75) is 26.4 Å². The zero-order valence-electron chi connectivity index (χ0n) is 11.5. The summed E-state index contributed by atoms with van der Waals surface area (Å²) in [7, 11) is 1.63. The van der Waals surface area contributed by atoms with Gasteiger partial charge in [0.25, 0.3) is 5.91 Å². The highest BCUT2D eigenvalue weighted by Gasteiger charge is 2.09. The van der Waals surface area contributed by atoms with E-state index < -0.39 is 0 Å². The minimum atomic E-state index is -0.144. The Bertz CT molecular complexity index is 421. The van der Waals surface area contributed by atoms with Crippen molar-refractivity contribution < 1.29 is 14.3 Å². The van der Waals surface area contributed by atoms with Crippen LogP contribution in [0.4, 0.5) is 0 Å². The van der Waals surface area contributed by atoms with Crippen molar-refractivity contribution in [1.29, 1.82) is 0 Å². The third-order valence-corrected chi connectivity index (χ3v) is 2.66. The summed E-state index contributed by atoms with van der Waals surface area (Å²) in [6, 6.07) is 5.03. The van der Waals surface area contributed by atoms with Crippen molar-refractivity contribution in [3.63, 3.8) is 0 Å². The van der Waals surface area contributed by atoms with Crippen LogP contribution >= 0.6 is 11.6 Å². The molecule has 0 aliphatic carbocycles. The maximum Gasteiger partial charge on any atom is 0.251 e. The summed E-state index contributed by atoms with van der Waals surface area (Å²) in [5, 5.41) is 3.25. The van der Waals surface area contributed by atoms with Gasteiger partial charge in [0.15, 0.2) is 0 Å². The van der Waals surface area contributed by atoms with Gasteiger partial charge < -0.3 is 14.8 Å². The average molecular weight is 286 g/mol. The van der Waals surface area contributed by atoms with Crippen molar-refractivity contribution in [1.82, 2.24) is 5.32 Å². The average Bonchev–Trinajstić information content (AvgIpc) is 2.36. The van der Waals surface area contributed by atoms with E-state index in [4.69, 9.17) is 21.1 Å². The summed E-state index contributed by atoms with van der Waals surface area (Å²) in [5.74, 6) is 0.446. The number of ether oxygens (including phenoxy) is 2. The van der Waals surface area contributed by atoms with E-state index in [1.807, 2.05) is 13.8 Å².